The van der Waals surface area contributed by atoms with Crippen molar-refractivity contribution in [3.8, 4) is 11.5 Å². The highest BCUT2D eigenvalue weighted by Crippen LogP contribution is 2.48. The summed E-state index contributed by atoms with van der Waals surface area (Å²) in [4.78, 5) is 0. The van der Waals surface area contributed by atoms with E-state index in [0.29, 0.717) is 0 Å². The van der Waals surface area contributed by atoms with E-state index in [1.807, 2.05) is 36.4 Å². The van der Waals surface area contributed by atoms with Crippen molar-refractivity contribution in [3.05, 3.63) is 47.5 Å². The Morgan fingerprint density at radius 3 is 1.72 bits per heavy atom. The third kappa shape index (κ3) is 1.44. The van der Waals surface area contributed by atoms with Crippen LogP contribution in [0.1, 0.15) is 25.0 Å². The van der Waals surface area contributed by atoms with Crippen molar-refractivity contribution in [3.63, 3.8) is 0 Å². The standard InChI is InChI=1S/C15H16N2O/c1-15(2)11-7-9(16)3-5-13(11)18-14-6-4-10(17)8-12(14)15/h3-8H,16-17H2,1-2H3. The molecule has 0 saturated carbocycles. The largest absolute Gasteiger partial charge is 0.457 e. The number of anilines is 2. The van der Waals surface area contributed by atoms with Crippen molar-refractivity contribution in [2.75, 3.05) is 11.5 Å². The summed E-state index contributed by atoms with van der Waals surface area (Å²) in [5.74, 6) is 1.73. The van der Waals surface area contributed by atoms with Gasteiger partial charge in [0.15, 0.2) is 0 Å². The van der Waals surface area contributed by atoms with Gasteiger partial charge in [-0.2, -0.15) is 0 Å². The average Bonchev–Trinajstić information content (AvgIpc) is 2.32. The van der Waals surface area contributed by atoms with Gasteiger partial charge in [0.25, 0.3) is 0 Å². The van der Waals surface area contributed by atoms with Crippen LogP contribution in [0.15, 0.2) is 36.4 Å². The van der Waals surface area contributed by atoms with E-state index < -0.39 is 0 Å². The lowest BCUT2D eigenvalue weighted by molar-refractivity contribution is 0.418. The number of benzene rings is 2. The molecular weight excluding hydrogens is 224 g/mol. The van der Waals surface area contributed by atoms with Crippen molar-refractivity contribution >= 4 is 11.4 Å². The van der Waals surface area contributed by atoms with Crippen LogP contribution in [0.5, 0.6) is 11.5 Å². The van der Waals surface area contributed by atoms with Crippen molar-refractivity contribution in [1.29, 1.82) is 0 Å². The Morgan fingerprint density at radius 2 is 1.28 bits per heavy atom. The molecule has 4 N–H and O–H groups in total. The molecule has 0 aromatic heterocycles. The SMILES string of the molecule is CC1(C)c2cc(N)ccc2Oc2ccc(N)cc21. The monoisotopic (exact) mass is 240 g/mol. The number of nitrogen functional groups attached to an aromatic ring is 2. The quantitative estimate of drug-likeness (QED) is 0.695. The number of hydrogen-bond acceptors (Lipinski definition) is 3. The topological polar surface area (TPSA) is 61.3 Å². The molecule has 0 radical (unpaired) electrons. The number of hydrogen-bond donors (Lipinski definition) is 2. The van der Waals surface area contributed by atoms with Crippen molar-refractivity contribution in [2.45, 2.75) is 19.3 Å². The van der Waals surface area contributed by atoms with Crippen LogP contribution in [-0.2, 0) is 5.41 Å². The number of fused-ring (bicyclic) bond motifs is 2. The van der Waals surface area contributed by atoms with Gasteiger partial charge in [-0.1, -0.05) is 13.8 Å². The van der Waals surface area contributed by atoms with Crippen LogP contribution < -0.4 is 16.2 Å². The molecule has 0 atom stereocenters. The predicted octanol–water partition coefficient (Wildman–Crippen LogP) is 3.28. The molecule has 0 spiro atoms. The first-order chi connectivity index (χ1) is 8.48. The van der Waals surface area contributed by atoms with Gasteiger partial charge in [-0.15, -0.1) is 0 Å². The van der Waals surface area contributed by atoms with Gasteiger partial charge in [0.2, 0.25) is 0 Å². The lowest BCUT2D eigenvalue weighted by Gasteiger charge is -2.34. The van der Waals surface area contributed by atoms with E-state index in [2.05, 4.69) is 13.8 Å². The molecule has 1 heterocycles. The lowest BCUT2D eigenvalue weighted by atomic mass is 9.75. The van der Waals surface area contributed by atoms with Gasteiger partial charge in [0, 0.05) is 27.9 Å². The minimum Gasteiger partial charge on any atom is -0.457 e. The summed E-state index contributed by atoms with van der Waals surface area (Å²) in [6, 6.07) is 11.5. The van der Waals surface area contributed by atoms with Gasteiger partial charge in [-0.25, -0.2) is 0 Å². The first kappa shape index (κ1) is 11.0. The molecule has 92 valence electrons. The van der Waals surface area contributed by atoms with Gasteiger partial charge in [0.05, 0.1) is 0 Å². The summed E-state index contributed by atoms with van der Waals surface area (Å²) >= 11 is 0. The van der Waals surface area contributed by atoms with Crippen molar-refractivity contribution < 1.29 is 4.74 Å². The predicted molar refractivity (Wildman–Crippen MR) is 73.9 cm³/mol. The van der Waals surface area contributed by atoms with Crippen LogP contribution in [0.25, 0.3) is 0 Å². The molecular formula is C15H16N2O. The maximum atomic E-state index is 5.91. The van der Waals surface area contributed by atoms with E-state index in [1.165, 1.54) is 0 Å². The van der Waals surface area contributed by atoms with Gasteiger partial charge in [-0.3, -0.25) is 0 Å². The molecule has 0 amide bonds. The van der Waals surface area contributed by atoms with Gasteiger partial charge >= 0.3 is 0 Å². The van der Waals surface area contributed by atoms with Crippen LogP contribution in [0, 0.1) is 0 Å². The fourth-order valence-corrected chi connectivity index (χ4v) is 2.51. The average molecular weight is 240 g/mol. The van der Waals surface area contributed by atoms with E-state index in [9.17, 15) is 0 Å². The van der Waals surface area contributed by atoms with E-state index in [4.69, 9.17) is 16.2 Å². The molecule has 0 saturated heterocycles. The van der Waals surface area contributed by atoms with Crippen LogP contribution in [0.3, 0.4) is 0 Å². The first-order valence-electron chi connectivity index (χ1n) is 5.96. The van der Waals surface area contributed by atoms with Crippen molar-refractivity contribution in [2.24, 2.45) is 0 Å². The summed E-state index contributed by atoms with van der Waals surface area (Å²) in [6.45, 7) is 4.32. The molecule has 2 aromatic carbocycles. The van der Waals surface area contributed by atoms with Crippen LogP contribution in [0.4, 0.5) is 11.4 Å². The Labute approximate surface area is 106 Å². The number of nitrogens with two attached hydrogens (primary N) is 2. The van der Waals surface area contributed by atoms with Gasteiger partial charge in [-0.05, 0) is 36.4 Å². The molecule has 3 nitrogen and oxygen atoms in total. The highest BCUT2D eigenvalue weighted by atomic mass is 16.5. The Hall–Kier alpha value is -2.16. The van der Waals surface area contributed by atoms with Gasteiger partial charge < -0.3 is 16.2 Å². The zero-order valence-corrected chi connectivity index (χ0v) is 10.5. The molecule has 3 rings (SSSR count). The van der Waals surface area contributed by atoms with Crippen LogP contribution >= 0.6 is 0 Å². The normalized spacial score (nSPS) is 15.4. The third-order valence-corrected chi connectivity index (χ3v) is 3.57. The molecule has 18 heavy (non-hydrogen) atoms. The zero-order valence-electron chi connectivity index (χ0n) is 10.5. The summed E-state index contributed by atoms with van der Waals surface area (Å²) < 4.78 is 5.91. The second-order valence-corrected chi connectivity index (χ2v) is 5.24. The molecule has 0 aliphatic carbocycles. The summed E-state index contributed by atoms with van der Waals surface area (Å²) in [7, 11) is 0. The Morgan fingerprint density at radius 1 is 0.833 bits per heavy atom. The summed E-state index contributed by atoms with van der Waals surface area (Å²) in [5, 5.41) is 0. The fraction of sp³-hybridized carbons (Fsp3) is 0.200. The lowest BCUT2D eigenvalue weighted by Crippen LogP contribution is -2.24. The Bertz CT molecular complexity index is 579. The summed E-state index contributed by atoms with van der Waals surface area (Å²) in [6.07, 6.45) is 0. The first-order valence-corrected chi connectivity index (χ1v) is 5.96. The van der Waals surface area contributed by atoms with Crippen LogP contribution in [-0.4, -0.2) is 0 Å². The summed E-state index contributed by atoms with van der Waals surface area (Å²) in [5.41, 5.74) is 15.3. The molecule has 2 aromatic rings. The van der Waals surface area contributed by atoms with E-state index >= 15 is 0 Å². The number of rotatable bonds is 0. The second-order valence-electron chi connectivity index (χ2n) is 5.24. The molecule has 1 aliphatic rings. The Kier molecular flexibility index (Phi) is 2.08. The highest BCUT2D eigenvalue weighted by Gasteiger charge is 2.34. The molecule has 0 bridgehead atoms. The van der Waals surface area contributed by atoms with E-state index in [0.717, 1.165) is 34.0 Å². The van der Waals surface area contributed by atoms with Crippen molar-refractivity contribution in [1.82, 2.24) is 0 Å². The fourth-order valence-electron chi connectivity index (χ4n) is 2.51. The zero-order chi connectivity index (χ0) is 12.9. The highest BCUT2D eigenvalue weighted by molar-refractivity contribution is 5.63. The molecule has 1 aliphatic heterocycles. The Balaban J connectivity index is 2.27. The number of ether oxygens (including phenoxy) is 1. The minimum atomic E-state index is -0.159. The molecule has 3 heteroatoms. The maximum absolute atomic E-state index is 5.91. The van der Waals surface area contributed by atoms with Crippen LogP contribution in [0.2, 0.25) is 0 Å². The van der Waals surface area contributed by atoms with Gasteiger partial charge in [0.1, 0.15) is 11.5 Å². The second kappa shape index (κ2) is 3.42. The maximum Gasteiger partial charge on any atom is 0.131 e. The third-order valence-electron chi connectivity index (χ3n) is 3.57. The molecule has 0 unspecified atom stereocenters. The van der Waals surface area contributed by atoms with E-state index in [1.54, 1.807) is 0 Å². The smallest absolute Gasteiger partial charge is 0.131 e. The van der Waals surface area contributed by atoms with E-state index in [-0.39, 0.29) is 5.41 Å². The minimum absolute atomic E-state index is 0.159. The molecule has 0 fully saturated rings.